The number of amides is 1. The second-order valence-electron chi connectivity index (χ2n) is 6.89. The van der Waals surface area contributed by atoms with Crippen LogP contribution in [0.2, 0.25) is 0 Å². The first-order valence-corrected chi connectivity index (χ1v) is 6.87. The van der Waals surface area contributed by atoms with Gasteiger partial charge in [-0.05, 0) is 25.7 Å². The van der Waals surface area contributed by atoms with Crippen molar-refractivity contribution >= 4 is 5.91 Å². The Morgan fingerprint density at radius 1 is 1.35 bits per heavy atom. The number of carbonyl (C=O) groups is 1. The van der Waals surface area contributed by atoms with Crippen LogP contribution in [0.4, 0.5) is 0 Å². The Morgan fingerprint density at radius 3 is 2.35 bits per heavy atom. The summed E-state index contributed by atoms with van der Waals surface area (Å²) in [5.41, 5.74) is 0.267. The normalized spacial score (nSPS) is 32.9. The van der Waals surface area contributed by atoms with Crippen LogP contribution in [-0.2, 0) is 9.53 Å². The summed E-state index contributed by atoms with van der Waals surface area (Å²) in [6, 6.07) is 0.487. The Bertz CT molecular complexity index is 342. The lowest BCUT2D eigenvalue weighted by Gasteiger charge is -2.65. The average molecular weight is 237 g/mol. The van der Waals surface area contributed by atoms with Crippen molar-refractivity contribution in [2.45, 2.75) is 46.1 Å². The number of likely N-dealkylation sites (tertiary alicyclic amines) is 1. The van der Waals surface area contributed by atoms with Crippen LogP contribution in [0.25, 0.3) is 0 Å². The first kappa shape index (κ1) is 11.5. The van der Waals surface area contributed by atoms with Crippen molar-refractivity contribution in [3.63, 3.8) is 0 Å². The van der Waals surface area contributed by atoms with Crippen molar-refractivity contribution in [3.8, 4) is 0 Å². The molecule has 17 heavy (non-hydrogen) atoms. The van der Waals surface area contributed by atoms with Gasteiger partial charge < -0.3 is 9.64 Å². The van der Waals surface area contributed by atoms with Crippen LogP contribution in [0.15, 0.2) is 0 Å². The summed E-state index contributed by atoms with van der Waals surface area (Å²) in [7, 11) is 0. The van der Waals surface area contributed by atoms with E-state index in [0.717, 1.165) is 6.54 Å². The van der Waals surface area contributed by atoms with E-state index in [0.29, 0.717) is 36.5 Å². The van der Waals surface area contributed by atoms with Crippen LogP contribution < -0.4 is 0 Å². The fraction of sp³-hybridized carbons (Fsp3) is 0.929. The molecule has 0 aromatic rings. The molecule has 2 aliphatic heterocycles. The summed E-state index contributed by atoms with van der Waals surface area (Å²) in [5.74, 6) is 0.914. The van der Waals surface area contributed by atoms with Crippen LogP contribution in [-0.4, -0.2) is 36.6 Å². The second-order valence-corrected chi connectivity index (χ2v) is 6.89. The van der Waals surface area contributed by atoms with Crippen molar-refractivity contribution in [1.82, 2.24) is 4.90 Å². The van der Waals surface area contributed by atoms with Crippen LogP contribution in [0.3, 0.4) is 0 Å². The molecule has 0 aromatic heterocycles. The summed E-state index contributed by atoms with van der Waals surface area (Å²) >= 11 is 0. The van der Waals surface area contributed by atoms with Crippen molar-refractivity contribution in [2.24, 2.45) is 16.7 Å². The molecule has 1 aliphatic carbocycles. The van der Waals surface area contributed by atoms with Gasteiger partial charge in [0, 0.05) is 18.0 Å². The van der Waals surface area contributed by atoms with Crippen LogP contribution in [0.5, 0.6) is 0 Å². The number of hydrogen-bond donors (Lipinski definition) is 0. The molecule has 3 fully saturated rings. The highest BCUT2D eigenvalue weighted by molar-refractivity contribution is 5.84. The van der Waals surface area contributed by atoms with Crippen LogP contribution >= 0.6 is 0 Å². The Balaban J connectivity index is 1.74. The fourth-order valence-corrected chi connectivity index (χ4v) is 3.98. The Hall–Kier alpha value is -0.570. The second kappa shape index (κ2) is 3.47. The highest BCUT2D eigenvalue weighted by atomic mass is 16.5. The molecule has 0 radical (unpaired) electrons. The van der Waals surface area contributed by atoms with Gasteiger partial charge in [-0.3, -0.25) is 4.79 Å². The molecule has 0 bridgehead atoms. The quantitative estimate of drug-likeness (QED) is 0.735. The van der Waals surface area contributed by atoms with Gasteiger partial charge in [-0.15, -0.1) is 0 Å². The first-order valence-electron chi connectivity index (χ1n) is 6.87. The van der Waals surface area contributed by atoms with Crippen LogP contribution in [0.1, 0.15) is 40.0 Å². The summed E-state index contributed by atoms with van der Waals surface area (Å²) in [6.45, 7) is 8.78. The molecular formula is C14H23NO2. The number of nitrogens with zero attached hydrogens (tertiary/aromatic N) is 1. The van der Waals surface area contributed by atoms with E-state index in [1.165, 1.54) is 19.3 Å². The molecule has 3 rings (SSSR count). The number of ether oxygens (including phenoxy) is 1. The van der Waals surface area contributed by atoms with E-state index < -0.39 is 0 Å². The monoisotopic (exact) mass is 237 g/mol. The van der Waals surface area contributed by atoms with Crippen molar-refractivity contribution in [2.75, 3.05) is 19.8 Å². The third-order valence-corrected chi connectivity index (χ3v) is 5.05. The molecule has 1 saturated carbocycles. The summed E-state index contributed by atoms with van der Waals surface area (Å²) in [6.07, 6.45) is 4.01. The van der Waals surface area contributed by atoms with Crippen LogP contribution in [0, 0.1) is 16.7 Å². The van der Waals surface area contributed by atoms with Crippen molar-refractivity contribution < 1.29 is 9.53 Å². The SMILES string of the molecule is CC(C)[C@@H]1N(C(=O)C2(C)COC2)CC12CCC2. The average Bonchev–Trinajstić information content (AvgIpc) is 2.08. The predicted octanol–water partition coefficient (Wildman–Crippen LogP) is 2.06. The smallest absolute Gasteiger partial charge is 0.233 e. The lowest BCUT2D eigenvalue weighted by Crippen LogP contribution is -2.73. The number of hydrogen-bond acceptors (Lipinski definition) is 2. The maximum Gasteiger partial charge on any atom is 0.233 e. The Labute approximate surface area is 104 Å². The molecule has 1 atom stereocenters. The molecule has 0 unspecified atom stereocenters. The van der Waals surface area contributed by atoms with Gasteiger partial charge in [0.15, 0.2) is 0 Å². The van der Waals surface area contributed by atoms with Gasteiger partial charge in [-0.25, -0.2) is 0 Å². The van der Waals surface area contributed by atoms with E-state index >= 15 is 0 Å². The zero-order valence-electron chi connectivity index (χ0n) is 11.2. The molecule has 1 amide bonds. The van der Waals surface area contributed by atoms with Crippen molar-refractivity contribution in [3.05, 3.63) is 0 Å². The van der Waals surface area contributed by atoms with E-state index in [-0.39, 0.29) is 5.41 Å². The molecule has 0 aromatic carbocycles. The van der Waals surface area contributed by atoms with E-state index in [9.17, 15) is 4.79 Å². The zero-order chi connectivity index (χ0) is 12.3. The minimum absolute atomic E-state index is 0.224. The van der Waals surface area contributed by atoms with Gasteiger partial charge in [0.1, 0.15) is 0 Å². The fourth-order valence-electron chi connectivity index (χ4n) is 3.98. The molecular weight excluding hydrogens is 214 g/mol. The van der Waals surface area contributed by atoms with Gasteiger partial charge in [0.2, 0.25) is 5.91 Å². The largest absolute Gasteiger partial charge is 0.379 e. The Morgan fingerprint density at radius 2 is 2.00 bits per heavy atom. The van der Waals surface area contributed by atoms with Crippen molar-refractivity contribution in [1.29, 1.82) is 0 Å². The minimum Gasteiger partial charge on any atom is -0.379 e. The highest BCUT2D eigenvalue weighted by Crippen LogP contribution is 2.56. The van der Waals surface area contributed by atoms with Gasteiger partial charge in [0.05, 0.1) is 18.6 Å². The number of carbonyl (C=O) groups excluding carboxylic acids is 1. The summed E-state index contributed by atoms with van der Waals surface area (Å²) in [4.78, 5) is 14.7. The first-order chi connectivity index (χ1) is 7.99. The van der Waals surface area contributed by atoms with E-state index in [2.05, 4.69) is 18.7 Å². The van der Waals surface area contributed by atoms with Gasteiger partial charge in [-0.2, -0.15) is 0 Å². The lowest BCUT2D eigenvalue weighted by atomic mass is 9.55. The zero-order valence-corrected chi connectivity index (χ0v) is 11.2. The van der Waals surface area contributed by atoms with E-state index in [1.807, 2.05) is 6.92 Å². The standard InChI is InChI=1S/C14H23NO2/c1-10(2)11-14(5-4-6-14)7-15(11)12(16)13(3)8-17-9-13/h10-11H,4-9H2,1-3H3/t11-/m0/s1. The predicted molar refractivity (Wildman–Crippen MR) is 65.5 cm³/mol. The van der Waals surface area contributed by atoms with E-state index in [1.54, 1.807) is 0 Å². The molecule has 3 heteroatoms. The Kier molecular flexibility index (Phi) is 2.35. The maximum absolute atomic E-state index is 12.5. The highest BCUT2D eigenvalue weighted by Gasteiger charge is 2.60. The van der Waals surface area contributed by atoms with Gasteiger partial charge in [0.25, 0.3) is 0 Å². The molecule has 96 valence electrons. The topological polar surface area (TPSA) is 29.5 Å². The third kappa shape index (κ3) is 1.41. The number of rotatable bonds is 2. The summed E-state index contributed by atoms with van der Waals surface area (Å²) < 4.78 is 5.22. The lowest BCUT2D eigenvalue weighted by molar-refractivity contribution is -0.203. The molecule has 2 heterocycles. The molecule has 1 spiro atoms. The third-order valence-electron chi connectivity index (χ3n) is 5.05. The molecule has 3 aliphatic rings. The summed E-state index contributed by atoms with van der Waals surface area (Å²) in [5, 5.41) is 0. The van der Waals surface area contributed by atoms with E-state index in [4.69, 9.17) is 4.74 Å². The minimum atomic E-state index is -0.224. The molecule has 2 saturated heterocycles. The molecule has 3 nitrogen and oxygen atoms in total. The molecule has 0 N–H and O–H groups in total. The van der Waals surface area contributed by atoms with Gasteiger partial charge in [-0.1, -0.05) is 20.3 Å². The van der Waals surface area contributed by atoms with Gasteiger partial charge >= 0.3 is 0 Å². The maximum atomic E-state index is 12.5.